The van der Waals surface area contributed by atoms with Crippen molar-refractivity contribution in [1.29, 1.82) is 0 Å². The maximum atomic E-state index is 9.88. The zero-order valence-corrected chi connectivity index (χ0v) is 5.96. The number of nitrogens with zero attached hydrogens (tertiary/aromatic N) is 2. The Bertz CT molecular complexity index is 103. The molecule has 4 nitrogen and oxygen atoms in total. The largest absolute Gasteiger partial charge is 0.394 e. The number of aliphatic hydroxyl groups excluding tert-OH is 1. The van der Waals surface area contributed by atoms with Gasteiger partial charge in [-0.25, -0.2) is 0 Å². The molecule has 0 aromatic rings. The topological polar surface area (TPSA) is 52.9 Å². The van der Waals surface area contributed by atoms with Crippen LogP contribution in [0, 0.1) is 4.91 Å². The lowest BCUT2D eigenvalue weighted by molar-refractivity contribution is 0.0803. The monoisotopic (exact) mass is 132 g/mol. The maximum Gasteiger partial charge on any atom is 0.0781 e. The van der Waals surface area contributed by atoms with E-state index in [4.69, 9.17) is 5.11 Å². The summed E-state index contributed by atoms with van der Waals surface area (Å²) in [7, 11) is 1.53. The first kappa shape index (κ1) is 8.36. The van der Waals surface area contributed by atoms with Crippen LogP contribution in [0.15, 0.2) is 5.29 Å². The van der Waals surface area contributed by atoms with Crippen LogP contribution < -0.4 is 0 Å². The van der Waals surface area contributed by atoms with Gasteiger partial charge in [0.05, 0.1) is 17.4 Å². The highest BCUT2D eigenvalue weighted by Crippen LogP contribution is 2.09. The Morgan fingerprint density at radius 3 is 2.22 bits per heavy atom. The molecule has 0 aliphatic rings. The molecule has 0 aromatic heterocycles. The van der Waals surface area contributed by atoms with Crippen molar-refractivity contribution >= 4 is 0 Å². The minimum absolute atomic E-state index is 0.0742. The van der Waals surface area contributed by atoms with E-state index in [0.29, 0.717) is 0 Å². The summed E-state index contributed by atoms with van der Waals surface area (Å²) in [5.41, 5.74) is -0.540. The Kier molecular flexibility index (Phi) is 2.58. The average Bonchev–Trinajstić information content (AvgIpc) is 1.86. The molecule has 0 aliphatic heterocycles. The summed E-state index contributed by atoms with van der Waals surface area (Å²) >= 11 is 0. The molecule has 0 saturated carbocycles. The molecule has 0 bridgehead atoms. The minimum Gasteiger partial charge on any atom is -0.394 e. The summed E-state index contributed by atoms with van der Waals surface area (Å²) in [4.78, 5) is 9.88. The van der Waals surface area contributed by atoms with E-state index in [0.717, 1.165) is 0 Å². The summed E-state index contributed by atoms with van der Waals surface area (Å²) in [6.07, 6.45) is 0. The summed E-state index contributed by atoms with van der Waals surface area (Å²) in [6.45, 7) is 3.39. The quantitative estimate of drug-likeness (QED) is 0.446. The van der Waals surface area contributed by atoms with Gasteiger partial charge in [0.25, 0.3) is 0 Å². The fourth-order valence-electron chi connectivity index (χ4n) is 0.213. The van der Waals surface area contributed by atoms with Crippen molar-refractivity contribution in [1.82, 2.24) is 5.01 Å². The molecule has 0 atom stereocenters. The SMILES string of the molecule is CN(N=O)C(C)(C)CO. The molecule has 0 aliphatic carbocycles. The van der Waals surface area contributed by atoms with Crippen LogP contribution in [0.3, 0.4) is 0 Å². The minimum atomic E-state index is -0.540. The van der Waals surface area contributed by atoms with Crippen LogP contribution in [-0.4, -0.2) is 29.3 Å². The Morgan fingerprint density at radius 1 is 1.67 bits per heavy atom. The van der Waals surface area contributed by atoms with Gasteiger partial charge in [0.2, 0.25) is 0 Å². The Labute approximate surface area is 54.4 Å². The molecule has 0 rings (SSSR count). The molecule has 0 amide bonds. The molecule has 0 spiro atoms. The van der Waals surface area contributed by atoms with Crippen molar-refractivity contribution in [3.8, 4) is 0 Å². The van der Waals surface area contributed by atoms with E-state index in [1.54, 1.807) is 13.8 Å². The van der Waals surface area contributed by atoms with E-state index < -0.39 is 5.54 Å². The van der Waals surface area contributed by atoms with Gasteiger partial charge in [-0.1, -0.05) is 0 Å². The highest BCUT2D eigenvalue weighted by Gasteiger charge is 2.21. The standard InChI is InChI=1S/C5H12N2O2/c1-5(2,4-8)7(3)6-9/h8H,4H2,1-3H3. The van der Waals surface area contributed by atoms with Gasteiger partial charge in [0.15, 0.2) is 0 Å². The molecule has 0 heterocycles. The summed E-state index contributed by atoms with van der Waals surface area (Å²) in [5, 5.41) is 12.5. The van der Waals surface area contributed by atoms with Crippen molar-refractivity contribution in [2.45, 2.75) is 19.4 Å². The molecule has 0 saturated heterocycles. The first-order chi connectivity index (χ1) is 4.04. The fourth-order valence-corrected chi connectivity index (χ4v) is 0.213. The van der Waals surface area contributed by atoms with Crippen LogP contribution >= 0.6 is 0 Å². The third-order valence-corrected chi connectivity index (χ3v) is 1.39. The lowest BCUT2D eigenvalue weighted by Gasteiger charge is -2.27. The number of likely N-dealkylation sites (N-methyl/N-ethyl adjacent to an activating group) is 1. The predicted octanol–water partition coefficient (Wildman–Crippen LogP) is 0.370. The van der Waals surface area contributed by atoms with Gasteiger partial charge in [-0.3, -0.25) is 5.01 Å². The third kappa shape index (κ3) is 1.97. The van der Waals surface area contributed by atoms with Gasteiger partial charge in [-0.2, -0.15) is 0 Å². The second-order valence-corrected chi connectivity index (χ2v) is 2.58. The van der Waals surface area contributed by atoms with Crippen molar-refractivity contribution in [3.63, 3.8) is 0 Å². The number of aliphatic hydroxyl groups is 1. The van der Waals surface area contributed by atoms with E-state index in [2.05, 4.69) is 5.29 Å². The zero-order valence-electron chi connectivity index (χ0n) is 5.96. The summed E-state index contributed by atoms with van der Waals surface area (Å²) in [6, 6.07) is 0. The molecule has 4 heteroatoms. The maximum absolute atomic E-state index is 9.88. The fraction of sp³-hybridized carbons (Fsp3) is 1.00. The second kappa shape index (κ2) is 2.77. The molecule has 1 N–H and O–H groups in total. The van der Waals surface area contributed by atoms with Crippen molar-refractivity contribution < 1.29 is 5.11 Å². The zero-order chi connectivity index (χ0) is 7.49. The molecule has 54 valence electrons. The van der Waals surface area contributed by atoms with E-state index in [-0.39, 0.29) is 6.61 Å². The smallest absolute Gasteiger partial charge is 0.0781 e. The van der Waals surface area contributed by atoms with E-state index in [1.165, 1.54) is 12.1 Å². The van der Waals surface area contributed by atoms with Crippen molar-refractivity contribution in [3.05, 3.63) is 4.91 Å². The van der Waals surface area contributed by atoms with Gasteiger partial charge in [0.1, 0.15) is 0 Å². The van der Waals surface area contributed by atoms with Crippen molar-refractivity contribution in [2.75, 3.05) is 13.7 Å². The van der Waals surface area contributed by atoms with Crippen LogP contribution in [0.5, 0.6) is 0 Å². The van der Waals surface area contributed by atoms with Gasteiger partial charge in [0, 0.05) is 7.05 Å². The first-order valence-corrected chi connectivity index (χ1v) is 2.72. The molecular formula is C5H12N2O2. The molecule has 0 fully saturated rings. The van der Waals surface area contributed by atoms with Crippen LogP contribution in [0.2, 0.25) is 0 Å². The predicted molar refractivity (Wildman–Crippen MR) is 34.7 cm³/mol. The van der Waals surface area contributed by atoms with Gasteiger partial charge in [-0.05, 0) is 13.8 Å². The summed E-state index contributed by atoms with van der Waals surface area (Å²) < 4.78 is 0. The normalized spacial score (nSPS) is 11.1. The van der Waals surface area contributed by atoms with Crippen molar-refractivity contribution in [2.24, 2.45) is 5.29 Å². The average molecular weight is 132 g/mol. The number of hydrogen-bond donors (Lipinski definition) is 1. The van der Waals surface area contributed by atoms with Crippen LogP contribution in [-0.2, 0) is 0 Å². The molecule has 0 radical (unpaired) electrons. The second-order valence-electron chi connectivity index (χ2n) is 2.58. The number of rotatable bonds is 3. The number of hydrogen-bond acceptors (Lipinski definition) is 3. The van der Waals surface area contributed by atoms with Crippen LogP contribution in [0.1, 0.15) is 13.8 Å². The Balaban J connectivity index is 3.95. The lowest BCUT2D eigenvalue weighted by atomic mass is 10.1. The van der Waals surface area contributed by atoms with Gasteiger partial charge >= 0.3 is 0 Å². The highest BCUT2D eigenvalue weighted by molar-refractivity contribution is 4.74. The molecule has 9 heavy (non-hydrogen) atoms. The van der Waals surface area contributed by atoms with E-state index in [1.807, 2.05) is 0 Å². The van der Waals surface area contributed by atoms with E-state index >= 15 is 0 Å². The third-order valence-electron chi connectivity index (χ3n) is 1.39. The highest BCUT2D eigenvalue weighted by atomic mass is 16.3. The van der Waals surface area contributed by atoms with Gasteiger partial charge in [-0.15, -0.1) is 4.91 Å². The lowest BCUT2D eigenvalue weighted by Crippen LogP contribution is -2.40. The van der Waals surface area contributed by atoms with E-state index in [9.17, 15) is 4.91 Å². The summed E-state index contributed by atoms with van der Waals surface area (Å²) in [5.74, 6) is 0. The molecule has 0 unspecified atom stereocenters. The molecule has 0 aromatic carbocycles. The Hall–Kier alpha value is -0.640. The van der Waals surface area contributed by atoms with Gasteiger partial charge < -0.3 is 5.11 Å². The first-order valence-electron chi connectivity index (χ1n) is 2.72. The Morgan fingerprint density at radius 2 is 2.11 bits per heavy atom. The molecular weight excluding hydrogens is 120 g/mol. The number of nitroso groups, excluding NO2 is 1. The van der Waals surface area contributed by atoms with Crippen LogP contribution in [0.25, 0.3) is 0 Å². The van der Waals surface area contributed by atoms with Crippen LogP contribution in [0.4, 0.5) is 0 Å².